The third-order valence-corrected chi connectivity index (χ3v) is 5.50. The second-order valence-electron chi connectivity index (χ2n) is 7.42. The van der Waals surface area contributed by atoms with Gasteiger partial charge >= 0.3 is 6.03 Å². The van der Waals surface area contributed by atoms with Crippen molar-refractivity contribution in [2.45, 2.75) is 19.5 Å². The number of nitrogens with zero attached hydrogens (tertiary/aromatic N) is 1. The summed E-state index contributed by atoms with van der Waals surface area (Å²) in [4.78, 5) is 29.8. The molecule has 154 valence electrons. The summed E-state index contributed by atoms with van der Waals surface area (Å²) >= 11 is 0. The van der Waals surface area contributed by atoms with Crippen LogP contribution in [0.15, 0.2) is 42.5 Å². The van der Waals surface area contributed by atoms with E-state index in [4.69, 9.17) is 9.47 Å². The van der Waals surface area contributed by atoms with Gasteiger partial charge in [-0.1, -0.05) is 24.3 Å². The smallest absolute Gasteiger partial charge is 0.318 e. The van der Waals surface area contributed by atoms with Crippen LogP contribution in [0.5, 0.6) is 11.5 Å². The number of hydrogen-bond donors (Lipinski definition) is 3. The number of urea groups is 1. The molecule has 0 unspecified atom stereocenters. The molecule has 30 heavy (non-hydrogen) atoms. The molecule has 3 heterocycles. The number of nitrogens with one attached hydrogen (secondary N) is 3. The Balaban J connectivity index is 1.12. The maximum atomic E-state index is 12.5. The van der Waals surface area contributed by atoms with Crippen molar-refractivity contribution in [1.29, 1.82) is 0 Å². The number of H-pyrrole nitrogens is 1. The summed E-state index contributed by atoms with van der Waals surface area (Å²) in [5, 5.41) is 6.74. The van der Waals surface area contributed by atoms with Crippen LogP contribution in [0.2, 0.25) is 0 Å². The summed E-state index contributed by atoms with van der Waals surface area (Å²) in [5.74, 6) is 1.14. The van der Waals surface area contributed by atoms with Gasteiger partial charge < -0.3 is 30.0 Å². The Hall–Kier alpha value is -3.68. The number of aromatic amines is 1. The van der Waals surface area contributed by atoms with Crippen LogP contribution in [0.1, 0.15) is 16.8 Å². The van der Waals surface area contributed by atoms with Crippen LogP contribution in [-0.2, 0) is 24.3 Å². The minimum absolute atomic E-state index is 0.0700. The SMILES string of the molecule is O=C(CNC(=O)N1CCc2c([nH]c3ccccc23)C1)NCc1ccc2c(c1)OCO2. The van der Waals surface area contributed by atoms with Gasteiger partial charge in [-0.3, -0.25) is 4.79 Å². The first kappa shape index (κ1) is 18.4. The Morgan fingerprint density at radius 3 is 2.87 bits per heavy atom. The number of hydrogen-bond acceptors (Lipinski definition) is 4. The highest BCUT2D eigenvalue weighted by atomic mass is 16.7. The second-order valence-corrected chi connectivity index (χ2v) is 7.42. The summed E-state index contributed by atoms with van der Waals surface area (Å²) < 4.78 is 10.6. The Labute approximate surface area is 173 Å². The number of aromatic nitrogens is 1. The Morgan fingerprint density at radius 1 is 1.07 bits per heavy atom. The van der Waals surface area contributed by atoms with E-state index in [1.54, 1.807) is 4.90 Å². The van der Waals surface area contributed by atoms with Gasteiger partial charge in [-0.2, -0.15) is 0 Å². The van der Waals surface area contributed by atoms with Crippen molar-refractivity contribution >= 4 is 22.8 Å². The third-order valence-electron chi connectivity index (χ3n) is 5.50. The minimum atomic E-state index is -0.246. The van der Waals surface area contributed by atoms with E-state index in [2.05, 4.69) is 21.7 Å². The zero-order valence-electron chi connectivity index (χ0n) is 16.4. The van der Waals surface area contributed by atoms with Crippen molar-refractivity contribution in [2.24, 2.45) is 0 Å². The number of fused-ring (bicyclic) bond motifs is 4. The molecule has 0 saturated carbocycles. The molecule has 2 aliphatic heterocycles. The molecular weight excluding hydrogens is 384 g/mol. The molecule has 0 radical (unpaired) electrons. The lowest BCUT2D eigenvalue weighted by Crippen LogP contribution is -2.46. The highest BCUT2D eigenvalue weighted by Crippen LogP contribution is 2.32. The molecular formula is C22H22N4O4. The maximum absolute atomic E-state index is 12.5. The Bertz CT molecular complexity index is 1120. The highest BCUT2D eigenvalue weighted by molar-refractivity contribution is 5.86. The van der Waals surface area contributed by atoms with E-state index in [0.717, 1.165) is 23.2 Å². The zero-order chi connectivity index (χ0) is 20.5. The molecule has 3 amide bonds. The normalized spacial score (nSPS) is 14.5. The van der Waals surface area contributed by atoms with E-state index >= 15 is 0 Å². The number of ether oxygens (including phenoxy) is 2. The number of benzene rings is 2. The van der Waals surface area contributed by atoms with Crippen LogP contribution in [0.4, 0.5) is 4.79 Å². The lowest BCUT2D eigenvalue weighted by molar-refractivity contribution is -0.120. The second kappa shape index (κ2) is 7.62. The summed E-state index contributed by atoms with van der Waals surface area (Å²) in [6.07, 6.45) is 0.795. The van der Waals surface area contributed by atoms with E-state index in [-0.39, 0.29) is 25.3 Å². The lowest BCUT2D eigenvalue weighted by atomic mass is 10.0. The standard InChI is InChI=1S/C22H22N4O4/c27-21(23-10-14-5-6-19-20(9-14)30-13-29-19)11-24-22(28)26-8-7-16-15-3-1-2-4-17(15)25-18(16)12-26/h1-6,9,25H,7-8,10-13H2,(H,23,27)(H,24,28). The molecule has 3 N–H and O–H groups in total. The van der Waals surface area contributed by atoms with E-state index in [0.29, 0.717) is 31.1 Å². The molecule has 1 aromatic heterocycles. The maximum Gasteiger partial charge on any atom is 0.318 e. The van der Waals surface area contributed by atoms with Gasteiger partial charge in [0, 0.05) is 29.7 Å². The molecule has 8 nitrogen and oxygen atoms in total. The van der Waals surface area contributed by atoms with Crippen molar-refractivity contribution in [3.63, 3.8) is 0 Å². The van der Waals surface area contributed by atoms with Gasteiger partial charge in [-0.05, 0) is 35.7 Å². The first-order valence-corrected chi connectivity index (χ1v) is 9.94. The Morgan fingerprint density at radius 2 is 1.93 bits per heavy atom. The van der Waals surface area contributed by atoms with E-state index in [1.165, 1.54) is 10.9 Å². The van der Waals surface area contributed by atoms with Crippen LogP contribution in [0, 0.1) is 0 Å². The summed E-state index contributed by atoms with van der Waals surface area (Å²) in [5.41, 5.74) is 4.33. The largest absolute Gasteiger partial charge is 0.454 e. The van der Waals surface area contributed by atoms with Crippen LogP contribution >= 0.6 is 0 Å². The molecule has 0 aliphatic carbocycles. The van der Waals surface area contributed by atoms with Crippen molar-refractivity contribution in [2.75, 3.05) is 19.9 Å². The van der Waals surface area contributed by atoms with Crippen molar-refractivity contribution in [3.05, 3.63) is 59.3 Å². The average Bonchev–Trinajstić information content (AvgIpc) is 3.39. The first-order valence-electron chi connectivity index (χ1n) is 9.94. The molecule has 0 atom stereocenters. The number of carbonyl (C=O) groups is 2. The molecule has 0 spiro atoms. The number of para-hydroxylation sites is 1. The quantitative estimate of drug-likeness (QED) is 0.619. The zero-order valence-corrected chi connectivity index (χ0v) is 16.4. The predicted molar refractivity (Wildman–Crippen MR) is 110 cm³/mol. The molecule has 5 rings (SSSR count). The van der Waals surface area contributed by atoms with E-state index in [1.807, 2.05) is 36.4 Å². The first-order chi connectivity index (χ1) is 14.7. The molecule has 0 saturated heterocycles. The number of rotatable bonds is 4. The van der Waals surface area contributed by atoms with Gasteiger partial charge in [-0.15, -0.1) is 0 Å². The fourth-order valence-corrected chi connectivity index (χ4v) is 3.95. The van der Waals surface area contributed by atoms with Gasteiger partial charge in [0.25, 0.3) is 0 Å². The lowest BCUT2D eigenvalue weighted by Gasteiger charge is -2.27. The molecule has 2 aliphatic rings. The van der Waals surface area contributed by atoms with E-state index < -0.39 is 0 Å². The molecule has 2 aromatic carbocycles. The average molecular weight is 406 g/mol. The summed E-state index contributed by atoms with van der Waals surface area (Å²) in [6.45, 7) is 1.63. The van der Waals surface area contributed by atoms with Gasteiger partial charge in [0.05, 0.1) is 13.1 Å². The highest BCUT2D eigenvalue weighted by Gasteiger charge is 2.24. The van der Waals surface area contributed by atoms with Crippen LogP contribution in [-0.4, -0.2) is 41.7 Å². The molecule has 0 fully saturated rings. The van der Waals surface area contributed by atoms with Crippen LogP contribution in [0.3, 0.4) is 0 Å². The Kier molecular flexibility index (Phi) is 4.66. The molecule has 8 heteroatoms. The van der Waals surface area contributed by atoms with E-state index in [9.17, 15) is 9.59 Å². The number of amides is 3. The fraction of sp³-hybridized carbons (Fsp3) is 0.273. The summed E-state index contributed by atoms with van der Waals surface area (Å²) in [7, 11) is 0. The minimum Gasteiger partial charge on any atom is -0.454 e. The topological polar surface area (TPSA) is 95.7 Å². The summed E-state index contributed by atoms with van der Waals surface area (Å²) in [6, 6.07) is 13.5. The van der Waals surface area contributed by atoms with Crippen LogP contribution < -0.4 is 20.1 Å². The fourth-order valence-electron chi connectivity index (χ4n) is 3.95. The predicted octanol–water partition coefficient (Wildman–Crippen LogP) is 2.28. The van der Waals surface area contributed by atoms with Crippen molar-refractivity contribution in [1.82, 2.24) is 20.5 Å². The van der Waals surface area contributed by atoms with Gasteiger partial charge in [-0.25, -0.2) is 4.79 Å². The third kappa shape index (κ3) is 3.52. The molecule has 3 aromatic rings. The van der Waals surface area contributed by atoms with Gasteiger partial charge in [0.2, 0.25) is 12.7 Å². The van der Waals surface area contributed by atoms with Crippen molar-refractivity contribution in [3.8, 4) is 11.5 Å². The number of carbonyl (C=O) groups excluding carboxylic acids is 2. The molecule has 0 bridgehead atoms. The van der Waals surface area contributed by atoms with Crippen molar-refractivity contribution < 1.29 is 19.1 Å². The van der Waals surface area contributed by atoms with Gasteiger partial charge in [0.1, 0.15) is 0 Å². The van der Waals surface area contributed by atoms with Gasteiger partial charge in [0.15, 0.2) is 11.5 Å². The van der Waals surface area contributed by atoms with Crippen LogP contribution in [0.25, 0.3) is 10.9 Å². The monoisotopic (exact) mass is 406 g/mol.